The second-order valence-corrected chi connectivity index (χ2v) is 3.26. The highest BCUT2D eigenvalue weighted by Gasteiger charge is 2.08. The Labute approximate surface area is 93.2 Å². The van der Waals surface area contributed by atoms with Gasteiger partial charge in [-0.15, -0.1) is 0 Å². The summed E-state index contributed by atoms with van der Waals surface area (Å²) in [7, 11) is 0. The van der Waals surface area contributed by atoms with Crippen molar-refractivity contribution in [3.63, 3.8) is 0 Å². The Hall–Kier alpha value is -1.36. The molecule has 0 amide bonds. The molecule has 1 aromatic rings. The van der Waals surface area contributed by atoms with Crippen LogP contribution in [0.3, 0.4) is 0 Å². The van der Waals surface area contributed by atoms with E-state index < -0.39 is 11.6 Å². The maximum Gasteiger partial charge on any atom is 0.167 e. The Balaban J connectivity index is 2.45. The number of hydrogen-bond donors (Lipinski definition) is 1. The molecular formula is C11H15F2NO2. The zero-order valence-electron chi connectivity index (χ0n) is 9.13. The van der Waals surface area contributed by atoms with Crippen LogP contribution in [0.15, 0.2) is 12.1 Å². The van der Waals surface area contributed by atoms with Crippen LogP contribution < -0.4 is 10.5 Å². The molecule has 0 heterocycles. The van der Waals surface area contributed by atoms with E-state index in [0.717, 1.165) is 18.6 Å². The van der Waals surface area contributed by atoms with E-state index in [1.807, 2.05) is 6.92 Å². The van der Waals surface area contributed by atoms with Gasteiger partial charge in [-0.2, -0.15) is 0 Å². The fraction of sp³-hybridized carbons (Fsp3) is 0.455. The van der Waals surface area contributed by atoms with Gasteiger partial charge in [0.25, 0.3) is 0 Å². The minimum Gasteiger partial charge on any atom is -0.488 e. The third-order valence-corrected chi connectivity index (χ3v) is 1.88. The highest BCUT2D eigenvalue weighted by atomic mass is 19.1. The normalized spacial score (nSPS) is 10.4. The third kappa shape index (κ3) is 3.66. The lowest BCUT2D eigenvalue weighted by molar-refractivity contribution is 0.0990. The number of anilines is 1. The van der Waals surface area contributed by atoms with Gasteiger partial charge >= 0.3 is 0 Å². The molecule has 5 heteroatoms. The summed E-state index contributed by atoms with van der Waals surface area (Å²) in [4.78, 5) is 0. The second-order valence-electron chi connectivity index (χ2n) is 3.26. The number of rotatable bonds is 6. The molecule has 1 aromatic carbocycles. The molecule has 0 spiro atoms. The molecule has 0 bridgehead atoms. The maximum absolute atomic E-state index is 13.2. The average molecular weight is 231 g/mol. The van der Waals surface area contributed by atoms with Crippen LogP contribution in [-0.4, -0.2) is 19.8 Å². The first-order chi connectivity index (χ1) is 7.65. The van der Waals surface area contributed by atoms with E-state index in [9.17, 15) is 8.78 Å². The largest absolute Gasteiger partial charge is 0.488 e. The zero-order chi connectivity index (χ0) is 12.0. The molecule has 0 aromatic heterocycles. The first kappa shape index (κ1) is 12.7. The molecule has 0 atom stereocenters. The van der Waals surface area contributed by atoms with Crippen molar-refractivity contribution in [2.24, 2.45) is 0 Å². The monoisotopic (exact) mass is 231 g/mol. The van der Waals surface area contributed by atoms with Crippen molar-refractivity contribution in [3.05, 3.63) is 23.8 Å². The highest BCUT2D eigenvalue weighted by Crippen LogP contribution is 2.22. The van der Waals surface area contributed by atoms with Crippen LogP contribution in [0.4, 0.5) is 14.5 Å². The van der Waals surface area contributed by atoms with Gasteiger partial charge in [-0.3, -0.25) is 0 Å². The van der Waals surface area contributed by atoms with Crippen LogP contribution in [0.25, 0.3) is 0 Å². The second kappa shape index (κ2) is 6.27. The summed E-state index contributed by atoms with van der Waals surface area (Å²) >= 11 is 0. The van der Waals surface area contributed by atoms with Gasteiger partial charge < -0.3 is 15.2 Å². The van der Waals surface area contributed by atoms with E-state index in [1.54, 1.807) is 0 Å². The summed E-state index contributed by atoms with van der Waals surface area (Å²) in [6, 6.07) is 1.84. The van der Waals surface area contributed by atoms with Crippen molar-refractivity contribution in [1.82, 2.24) is 0 Å². The van der Waals surface area contributed by atoms with Gasteiger partial charge in [0, 0.05) is 18.7 Å². The van der Waals surface area contributed by atoms with E-state index >= 15 is 0 Å². The van der Waals surface area contributed by atoms with E-state index in [-0.39, 0.29) is 18.0 Å². The molecule has 16 heavy (non-hydrogen) atoms. The van der Waals surface area contributed by atoms with Crippen LogP contribution in [0.1, 0.15) is 13.3 Å². The Bertz CT molecular complexity index is 345. The summed E-state index contributed by atoms with van der Waals surface area (Å²) < 4.78 is 36.3. The van der Waals surface area contributed by atoms with Crippen molar-refractivity contribution in [3.8, 4) is 5.75 Å². The Morgan fingerprint density at radius 1 is 1.12 bits per heavy atom. The van der Waals surface area contributed by atoms with Gasteiger partial charge in [0.15, 0.2) is 11.6 Å². The Morgan fingerprint density at radius 2 is 1.88 bits per heavy atom. The third-order valence-electron chi connectivity index (χ3n) is 1.88. The quantitative estimate of drug-likeness (QED) is 0.603. The molecule has 0 fully saturated rings. The van der Waals surface area contributed by atoms with E-state index in [0.29, 0.717) is 13.2 Å². The molecule has 0 aliphatic carbocycles. The smallest absolute Gasteiger partial charge is 0.167 e. The summed E-state index contributed by atoms with van der Waals surface area (Å²) in [5.74, 6) is -1.51. The molecular weight excluding hydrogens is 216 g/mol. The van der Waals surface area contributed by atoms with Crippen molar-refractivity contribution in [2.75, 3.05) is 25.6 Å². The lowest BCUT2D eigenvalue weighted by Gasteiger charge is -2.08. The van der Waals surface area contributed by atoms with Gasteiger partial charge in [-0.1, -0.05) is 6.92 Å². The molecule has 0 aliphatic heterocycles. The minimum atomic E-state index is -0.689. The van der Waals surface area contributed by atoms with Crippen molar-refractivity contribution < 1.29 is 18.3 Å². The fourth-order valence-electron chi connectivity index (χ4n) is 1.11. The van der Waals surface area contributed by atoms with Crippen LogP contribution in [0, 0.1) is 11.6 Å². The van der Waals surface area contributed by atoms with Gasteiger partial charge in [0.2, 0.25) is 0 Å². The molecule has 0 unspecified atom stereocenters. The molecule has 2 N–H and O–H groups in total. The molecule has 1 rings (SSSR count). The number of ether oxygens (including phenoxy) is 2. The lowest BCUT2D eigenvalue weighted by atomic mass is 10.3. The van der Waals surface area contributed by atoms with Gasteiger partial charge in [-0.05, 0) is 6.42 Å². The van der Waals surface area contributed by atoms with Crippen molar-refractivity contribution >= 4 is 5.69 Å². The molecule has 3 nitrogen and oxygen atoms in total. The summed E-state index contributed by atoms with van der Waals surface area (Å²) in [6.45, 7) is 3.14. The van der Waals surface area contributed by atoms with E-state index in [2.05, 4.69) is 0 Å². The molecule has 0 saturated heterocycles. The van der Waals surface area contributed by atoms with Gasteiger partial charge in [-0.25, -0.2) is 8.78 Å². The van der Waals surface area contributed by atoms with Crippen molar-refractivity contribution in [1.29, 1.82) is 0 Å². The first-order valence-electron chi connectivity index (χ1n) is 5.10. The number of nitrogen functional groups attached to an aromatic ring is 1. The molecule has 0 saturated carbocycles. The number of nitrogens with two attached hydrogens (primary N) is 1. The SMILES string of the molecule is CCCOCCOc1cc(F)c(N)cc1F. The van der Waals surface area contributed by atoms with Crippen LogP contribution in [0.2, 0.25) is 0 Å². The van der Waals surface area contributed by atoms with E-state index in [4.69, 9.17) is 15.2 Å². The van der Waals surface area contributed by atoms with Gasteiger partial charge in [0.05, 0.1) is 12.3 Å². The zero-order valence-corrected chi connectivity index (χ0v) is 9.13. The molecule has 0 aliphatic rings. The van der Waals surface area contributed by atoms with Crippen LogP contribution in [0.5, 0.6) is 5.75 Å². The number of hydrogen-bond acceptors (Lipinski definition) is 3. The standard InChI is InChI=1S/C11H15F2NO2/c1-2-3-15-4-5-16-11-7-8(12)10(14)6-9(11)13/h6-7H,2-5,14H2,1H3. The first-order valence-corrected chi connectivity index (χ1v) is 5.10. The predicted molar refractivity (Wildman–Crippen MR) is 57.4 cm³/mol. The minimum absolute atomic E-state index is 0.146. The number of benzene rings is 1. The van der Waals surface area contributed by atoms with Crippen LogP contribution >= 0.6 is 0 Å². The average Bonchev–Trinajstić information content (AvgIpc) is 2.25. The molecule has 90 valence electrons. The maximum atomic E-state index is 13.2. The Kier molecular flexibility index (Phi) is 4.98. The Morgan fingerprint density at radius 3 is 2.56 bits per heavy atom. The van der Waals surface area contributed by atoms with Gasteiger partial charge in [0.1, 0.15) is 12.4 Å². The highest BCUT2D eigenvalue weighted by molar-refractivity contribution is 5.44. The van der Waals surface area contributed by atoms with E-state index in [1.165, 1.54) is 0 Å². The number of halogens is 2. The topological polar surface area (TPSA) is 44.5 Å². The lowest BCUT2D eigenvalue weighted by Crippen LogP contribution is -2.08. The summed E-state index contributed by atoms with van der Waals surface area (Å²) in [6.07, 6.45) is 0.908. The van der Waals surface area contributed by atoms with Crippen molar-refractivity contribution in [2.45, 2.75) is 13.3 Å². The fourth-order valence-corrected chi connectivity index (χ4v) is 1.11. The van der Waals surface area contributed by atoms with Crippen LogP contribution in [-0.2, 0) is 4.74 Å². The summed E-state index contributed by atoms with van der Waals surface area (Å²) in [5.41, 5.74) is 4.96. The predicted octanol–water partition coefficient (Wildman–Crippen LogP) is 2.35. The molecule has 0 radical (unpaired) electrons. The summed E-state index contributed by atoms with van der Waals surface area (Å²) in [5, 5.41) is 0.